The molecule has 1 aliphatic carbocycles. The quantitative estimate of drug-likeness (QED) is 0.600. The predicted molar refractivity (Wildman–Crippen MR) is 50.8 cm³/mol. The third-order valence-electron chi connectivity index (χ3n) is 2.31. The topological polar surface area (TPSA) is 17.1 Å². The minimum absolute atomic E-state index is 0.172. The van der Waals surface area contributed by atoms with Crippen molar-refractivity contribution >= 4 is 17.1 Å². The van der Waals surface area contributed by atoms with E-state index in [0.717, 1.165) is 11.3 Å². The second-order valence-electron chi connectivity index (χ2n) is 4.22. The van der Waals surface area contributed by atoms with E-state index in [2.05, 4.69) is 19.9 Å². The molecule has 0 saturated heterocycles. The molecule has 1 nitrogen and oxygen atoms in total. The minimum atomic E-state index is 0.172. The molecule has 0 saturated carbocycles. The highest BCUT2D eigenvalue weighted by Gasteiger charge is 2.31. The lowest BCUT2D eigenvalue weighted by Gasteiger charge is -2.27. The summed E-state index contributed by atoms with van der Waals surface area (Å²) in [5.74, 6) is 0.330. The van der Waals surface area contributed by atoms with Gasteiger partial charge in [0.05, 0.1) is 4.88 Å². The van der Waals surface area contributed by atoms with Crippen molar-refractivity contribution in [2.75, 3.05) is 0 Å². The maximum Gasteiger partial charge on any atom is 0.173 e. The molecule has 0 amide bonds. The van der Waals surface area contributed by atoms with Gasteiger partial charge in [-0.05, 0) is 28.8 Å². The summed E-state index contributed by atoms with van der Waals surface area (Å²) in [6.45, 7) is 4.32. The van der Waals surface area contributed by atoms with Crippen molar-refractivity contribution in [3.8, 4) is 0 Å². The van der Waals surface area contributed by atoms with Gasteiger partial charge in [-0.25, -0.2) is 0 Å². The SMILES string of the molecule is CC1(C)CC(=O)c2sccc2C1. The van der Waals surface area contributed by atoms with Crippen LogP contribution < -0.4 is 0 Å². The van der Waals surface area contributed by atoms with Gasteiger partial charge in [-0.15, -0.1) is 11.3 Å². The molecular weight excluding hydrogens is 168 g/mol. The fraction of sp³-hybridized carbons (Fsp3) is 0.500. The van der Waals surface area contributed by atoms with Gasteiger partial charge in [0.2, 0.25) is 0 Å². The summed E-state index contributed by atoms with van der Waals surface area (Å²) in [4.78, 5) is 12.6. The summed E-state index contributed by atoms with van der Waals surface area (Å²) < 4.78 is 0. The summed E-state index contributed by atoms with van der Waals surface area (Å²) in [6.07, 6.45) is 1.76. The highest BCUT2D eigenvalue weighted by atomic mass is 32.1. The number of fused-ring (bicyclic) bond motifs is 1. The van der Waals surface area contributed by atoms with Crippen LogP contribution in [0, 0.1) is 5.41 Å². The van der Waals surface area contributed by atoms with Gasteiger partial charge in [0.1, 0.15) is 0 Å². The number of rotatable bonds is 0. The molecule has 1 heterocycles. The van der Waals surface area contributed by atoms with Gasteiger partial charge in [-0.3, -0.25) is 4.79 Å². The van der Waals surface area contributed by atoms with Crippen molar-refractivity contribution in [2.45, 2.75) is 26.7 Å². The van der Waals surface area contributed by atoms with Gasteiger partial charge in [-0.1, -0.05) is 13.8 Å². The van der Waals surface area contributed by atoms with E-state index in [-0.39, 0.29) is 5.41 Å². The Morgan fingerprint density at radius 3 is 2.92 bits per heavy atom. The zero-order chi connectivity index (χ0) is 8.77. The van der Waals surface area contributed by atoms with Crippen molar-refractivity contribution in [3.05, 3.63) is 21.9 Å². The number of ketones is 1. The second kappa shape index (κ2) is 2.43. The monoisotopic (exact) mass is 180 g/mol. The fourth-order valence-electron chi connectivity index (χ4n) is 1.81. The predicted octanol–water partition coefficient (Wildman–Crippen LogP) is 2.90. The zero-order valence-corrected chi connectivity index (χ0v) is 8.20. The average Bonchev–Trinajstić information content (AvgIpc) is 2.31. The number of carbonyl (C=O) groups is 1. The van der Waals surface area contributed by atoms with Crippen LogP contribution in [0.25, 0.3) is 0 Å². The van der Waals surface area contributed by atoms with Crippen LogP contribution in [-0.2, 0) is 6.42 Å². The zero-order valence-electron chi connectivity index (χ0n) is 7.39. The molecule has 0 spiro atoms. The molecule has 2 rings (SSSR count). The van der Waals surface area contributed by atoms with Crippen LogP contribution in [0.3, 0.4) is 0 Å². The average molecular weight is 180 g/mol. The van der Waals surface area contributed by atoms with Crippen LogP contribution in [0.1, 0.15) is 35.5 Å². The fourth-order valence-corrected chi connectivity index (χ4v) is 2.68. The molecule has 12 heavy (non-hydrogen) atoms. The molecular formula is C10H12OS. The first kappa shape index (κ1) is 7.99. The van der Waals surface area contributed by atoms with E-state index >= 15 is 0 Å². The van der Waals surface area contributed by atoms with Gasteiger partial charge >= 0.3 is 0 Å². The van der Waals surface area contributed by atoms with Gasteiger partial charge < -0.3 is 0 Å². The Balaban J connectivity index is 2.45. The number of thiophene rings is 1. The summed E-state index contributed by atoms with van der Waals surface area (Å²) >= 11 is 1.58. The smallest absolute Gasteiger partial charge is 0.173 e. The van der Waals surface area contributed by atoms with Crippen LogP contribution in [0.15, 0.2) is 11.4 Å². The van der Waals surface area contributed by atoms with E-state index in [9.17, 15) is 4.79 Å². The third kappa shape index (κ3) is 1.20. The van der Waals surface area contributed by atoms with Gasteiger partial charge in [-0.2, -0.15) is 0 Å². The number of Topliss-reactive ketones (excluding diaryl/α,β-unsaturated/α-hetero) is 1. The van der Waals surface area contributed by atoms with Crippen molar-refractivity contribution in [2.24, 2.45) is 5.41 Å². The molecule has 0 radical (unpaired) electrons. The molecule has 0 atom stereocenters. The number of carbonyl (C=O) groups excluding carboxylic acids is 1. The van der Waals surface area contributed by atoms with E-state index < -0.39 is 0 Å². The Kier molecular flexibility index (Phi) is 1.62. The van der Waals surface area contributed by atoms with Gasteiger partial charge in [0, 0.05) is 6.42 Å². The molecule has 1 aromatic heterocycles. The van der Waals surface area contributed by atoms with Crippen molar-refractivity contribution in [3.63, 3.8) is 0 Å². The van der Waals surface area contributed by atoms with E-state index in [0.29, 0.717) is 12.2 Å². The maximum absolute atomic E-state index is 11.6. The lowest BCUT2D eigenvalue weighted by atomic mass is 9.77. The summed E-state index contributed by atoms with van der Waals surface area (Å²) in [7, 11) is 0. The maximum atomic E-state index is 11.6. The Labute approximate surface area is 76.4 Å². The highest BCUT2D eigenvalue weighted by Crippen LogP contribution is 2.36. The molecule has 0 fully saturated rings. The standard InChI is InChI=1S/C10H12OS/c1-10(2)5-7-3-4-12-9(7)8(11)6-10/h3-4H,5-6H2,1-2H3. The van der Waals surface area contributed by atoms with Crippen LogP contribution in [0.2, 0.25) is 0 Å². The molecule has 1 aliphatic rings. The second-order valence-corrected chi connectivity index (χ2v) is 5.13. The normalized spacial score (nSPS) is 20.7. The largest absolute Gasteiger partial charge is 0.293 e. The van der Waals surface area contributed by atoms with Crippen molar-refractivity contribution in [1.29, 1.82) is 0 Å². The first-order chi connectivity index (χ1) is 5.58. The summed E-state index contributed by atoms with van der Waals surface area (Å²) in [6, 6.07) is 2.08. The molecule has 0 bridgehead atoms. The molecule has 2 heteroatoms. The molecule has 1 aromatic rings. The number of hydrogen-bond acceptors (Lipinski definition) is 2. The van der Waals surface area contributed by atoms with Crippen molar-refractivity contribution < 1.29 is 4.79 Å². The van der Waals surface area contributed by atoms with E-state index in [1.165, 1.54) is 5.56 Å². The first-order valence-corrected chi connectivity index (χ1v) is 5.06. The lowest BCUT2D eigenvalue weighted by Crippen LogP contribution is -2.25. The third-order valence-corrected chi connectivity index (χ3v) is 3.31. The van der Waals surface area contributed by atoms with Gasteiger partial charge in [0.25, 0.3) is 0 Å². The lowest BCUT2D eigenvalue weighted by molar-refractivity contribution is 0.0917. The van der Waals surface area contributed by atoms with Crippen LogP contribution in [0.5, 0.6) is 0 Å². The number of hydrogen-bond donors (Lipinski definition) is 0. The highest BCUT2D eigenvalue weighted by molar-refractivity contribution is 7.12. The summed E-state index contributed by atoms with van der Waals surface area (Å²) in [5.41, 5.74) is 1.42. The van der Waals surface area contributed by atoms with Gasteiger partial charge in [0.15, 0.2) is 5.78 Å². The van der Waals surface area contributed by atoms with Crippen LogP contribution in [-0.4, -0.2) is 5.78 Å². The minimum Gasteiger partial charge on any atom is -0.293 e. The Hall–Kier alpha value is -0.630. The first-order valence-electron chi connectivity index (χ1n) is 4.18. The van der Waals surface area contributed by atoms with E-state index in [1.807, 2.05) is 5.38 Å². The molecule has 0 N–H and O–H groups in total. The summed E-state index contributed by atoms with van der Waals surface area (Å²) in [5, 5.41) is 2.02. The molecule has 0 aliphatic heterocycles. The molecule has 0 unspecified atom stereocenters. The van der Waals surface area contributed by atoms with Crippen LogP contribution >= 0.6 is 11.3 Å². The van der Waals surface area contributed by atoms with Crippen LogP contribution in [0.4, 0.5) is 0 Å². The van der Waals surface area contributed by atoms with Crippen molar-refractivity contribution in [1.82, 2.24) is 0 Å². The van der Waals surface area contributed by atoms with E-state index in [4.69, 9.17) is 0 Å². The Morgan fingerprint density at radius 2 is 2.17 bits per heavy atom. The van der Waals surface area contributed by atoms with E-state index in [1.54, 1.807) is 11.3 Å². The molecule has 64 valence electrons. The Bertz CT molecular complexity index is 322. The molecule has 0 aromatic carbocycles. The Morgan fingerprint density at radius 1 is 1.42 bits per heavy atom.